The van der Waals surface area contributed by atoms with Gasteiger partial charge in [0.25, 0.3) is 0 Å². The molecule has 12 rings (SSSR count). The van der Waals surface area contributed by atoms with Crippen molar-refractivity contribution in [2.24, 2.45) is 93.8 Å². The summed E-state index contributed by atoms with van der Waals surface area (Å²) in [6, 6.07) is -30.6. The second-order valence-electron chi connectivity index (χ2n) is 28.0. The highest BCUT2D eigenvalue weighted by molar-refractivity contribution is 5.77. The zero-order valence-electron chi connectivity index (χ0n) is 149. The van der Waals surface area contributed by atoms with Crippen LogP contribution in [0.3, 0.4) is 0 Å². The molecule has 0 spiro atoms. The molecule has 4 aromatic carbocycles. The van der Waals surface area contributed by atoms with E-state index >= 15 is 0 Å². The number of ether oxygens (including phenoxy) is 12. The summed E-state index contributed by atoms with van der Waals surface area (Å²) in [5, 5.41) is 0. The summed E-state index contributed by atoms with van der Waals surface area (Å²) in [6.07, 6.45) is -47.0. The summed E-state index contributed by atoms with van der Waals surface area (Å²) in [5.41, 5.74) is 14.9. The van der Waals surface area contributed by atoms with Crippen LogP contribution in [-0.2, 0) is 63.6 Å². The van der Waals surface area contributed by atoms with Gasteiger partial charge >= 0.3 is 23.9 Å². The molecule has 16 atom stereocenters. The van der Waals surface area contributed by atoms with Crippen molar-refractivity contribution in [1.29, 1.82) is 0 Å². The van der Waals surface area contributed by atoms with E-state index in [2.05, 4.69) is 0 Å². The SMILES string of the molecule is [2H]C([2H])([2H])C([2H])(C([2H])([2H])[2H])[C@]([2H])(N)C(=O)OC1([2H])C([2H])([2H])C2([2H])c3cc(OC)c(OC)cc3C([2H])([2H])C([2H])([2H])N2C([2H])([2H])C1([2H])CC(C)C.[2H]C([2H])([2H])Oc1cc2c(cc1OC)C1([2H])N(C([2H])([2H])C2([2H])[2H])C([2H])([2H])C([2H])(CC(C)C)C([2H])(OC(=O)[C@@]([2H])(N)C([2H])(C([2H])([2H])[2H])C([2H])([2H])[2H])C1([2H])[2H].[2H]c1c(OC)c(OC([2H])([2H])[2H])c([2H])c2c1C1N(C([2H])([2H])C2([2H])[2H])C([2H])([2H])C([2H])(CC(C)C)C(OC(=O)[C@@]([2H])(N)C([2H])(C([2H])([2H])[2H])C([2H])([2H])[2H])C1([2H])[2H].[2H]c1c(OC)c(OC)c([2H])c2c1C1N(C([2H])([2H])C2([2H])[2H])C([2H])([2H])C([2H])(CC(C)C)C(OC(=O)[C@@]([2H])(N)C([2H])(C([2H])([2H])[2H])C([2H])([2H])[2H])C1([2H])[2H]. The first-order valence-electron chi connectivity index (χ1n) is 77.2. The van der Waals surface area contributed by atoms with Crippen LogP contribution in [0.15, 0.2) is 48.4 Å². The summed E-state index contributed by atoms with van der Waals surface area (Å²) in [6.45, 7) is -51.2. The van der Waals surface area contributed by atoms with Crippen LogP contribution in [0.4, 0.5) is 0 Å². The molecule has 4 fully saturated rings. The number of aryl methyl sites for hydroxylation is 2. The van der Waals surface area contributed by atoms with Crippen LogP contribution in [0.25, 0.3) is 0 Å². The molecule has 24 nitrogen and oxygen atoms in total. The number of esters is 4. The number of nitrogens with zero attached hydrogens (tertiary/aromatic N) is 4. The third-order valence-corrected chi connectivity index (χ3v) is 17.4. The number of carbonyl (C=O) groups excluding carboxylic acids is 4. The first-order chi connectivity index (χ1) is 88.6. The lowest BCUT2D eigenvalue weighted by Crippen LogP contribution is -2.51. The zero-order valence-corrected chi connectivity index (χ0v) is 67.4. The highest BCUT2D eigenvalue weighted by atomic mass is 16.6. The predicted molar refractivity (Wildman–Crippen MR) is 471 cm³/mol. The van der Waals surface area contributed by atoms with E-state index in [-0.39, 0.29) is 31.1 Å². The van der Waals surface area contributed by atoms with Crippen molar-refractivity contribution in [3.8, 4) is 46.0 Å². The van der Waals surface area contributed by atoms with E-state index in [0.717, 1.165) is 54.8 Å². The molecule has 0 aromatic heterocycles. The van der Waals surface area contributed by atoms with E-state index in [4.69, 9.17) is 159 Å². The number of carbonyl (C=O) groups is 4. The monoisotopic (exact) mass is 1760 g/mol. The first kappa shape index (κ1) is 34.3. The lowest BCUT2D eigenvalue weighted by atomic mass is 9.79. The second kappa shape index (κ2) is 43.9. The van der Waals surface area contributed by atoms with Gasteiger partial charge in [-0.2, -0.15) is 0 Å². The molecule has 4 aromatic rings. The van der Waals surface area contributed by atoms with Gasteiger partial charge in [0, 0.05) is 213 Å². The standard InChI is InChI=1S/4C24H38N2O4/c4*1-14(2)9-17-13-26-8-7-16-10-21(28-5)22(29-6)11-18(16)19(26)12-20(17)30-24(27)23(25)15(3)4/h4*10-11,14-15,17,19-20,23H,7-9,12-13,25H2,1-6H3/t4*17?,19?,20?,23-/m0000/s1/i3D3,4D3,5D3,7D2,8D2,12D2,13D2,15D,17D,19D,20D,23D;3D3,4D3,5D3,7D2,8D2,10D,11D,12D2,13D2,15D,17D,23D;3D3,4D3,7D2,8D2,12D2,13D2,15D,17D,19D,20D,23D;3D3,4D3,7D2,8D2,10D,11D,12D2,13D2,15D,17D,23D. The summed E-state index contributed by atoms with van der Waals surface area (Å²) in [7, 11) is -0.443. The minimum absolute atomic E-state index is 0.0424. The Balaban J connectivity index is 0.000000291. The second-order valence-corrected chi connectivity index (χ2v) is 28.0. The van der Waals surface area contributed by atoms with Crippen LogP contribution < -0.4 is 60.8 Å². The number of nitrogens with two attached hydrogens (primary N) is 4. The molecule has 0 aliphatic carbocycles. The molecule has 0 amide bonds. The zero-order chi connectivity index (χ0) is 160. The molecule has 0 radical (unpaired) electrons. The lowest BCUT2D eigenvalue weighted by molar-refractivity contribution is -0.161. The van der Waals surface area contributed by atoms with Crippen LogP contribution in [-0.4, -0.2) is 201 Å². The van der Waals surface area contributed by atoms with E-state index in [1.165, 1.54) is 55.4 Å². The quantitative estimate of drug-likeness (QED) is 0.0303. The Labute approximate surface area is 833 Å². The number of rotatable bonds is 28. The molecule has 12 unspecified atom stereocenters. The third-order valence-electron chi connectivity index (χ3n) is 17.4. The van der Waals surface area contributed by atoms with E-state index in [0.29, 0.717) is 12.1 Å². The van der Waals surface area contributed by atoms with Gasteiger partial charge < -0.3 is 79.8 Å². The maximum absolute atomic E-state index is 13.8. The number of benzene rings is 4. The van der Waals surface area contributed by atoms with Gasteiger partial charge in [0.1, 0.15) is 48.4 Å². The predicted octanol–water partition coefficient (Wildman–Crippen LogP) is 14.3. The number of methoxy groups -OCH3 is 8. The Kier molecular flexibility index (Phi) is 12.6. The highest BCUT2D eigenvalue weighted by Gasteiger charge is 2.47. The molecule has 24 heteroatoms. The van der Waals surface area contributed by atoms with Crippen LogP contribution in [0.1, 0.15) is 342 Å². The highest BCUT2D eigenvalue weighted by Crippen LogP contribution is 2.50. The van der Waals surface area contributed by atoms with E-state index in [9.17, 15) is 52.1 Å². The molecular formula is C96H152N8O16. The summed E-state index contributed by atoms with van der Waals surface area (Å²) in [5.74, 6) is -48.9. The minimum atomic E-state index is -4.27. The van der Waals surface area contributed by atoms with Crippen LogP contribution in [0.5, 0.6) is 46.0 Å². The summed E-state index contributed by atoms with van der Waals surface area (Å²) >= 11 is 0. The number of hydrogen-bond donors (Lipinski definition) is 4. The van der Waals surface area contributed by atoms with Crippen molar-refractivity contribution in [3.63, 3.8) is 0 Å². The fourth-order valence-corrected chi connectivity index (χ4v) is 11.8. The molecule has 0 saturated carbocycles. The van der Waals surface area contributed by atoms with Crippen LogP contribution in [0, 0.1) is 70.8 Å². The van der Waals surface area contributed by atoms with Gasteiger partial charge in [-0.05, 0) is 191 Å². The Morgan fingerprint density at radius 2 is 0.667 bits per heavy atom. The smallest absolute Gasteiger partial charge is 0.323 e. The normalized spacial score (nSPS) is 49.0. The fourth-order valence-electron chi connectivity index (χ4n) is 11.8. The molecule has 120 heavy (non-hydrogen) atoms. The van der Waals surface area contributed by atoms with E-state index in [1.807, 2.05) is 0 Å². The van der Waals surface area contributed by atoms with Crippen molar-refractivity contribution in [3.05, 3.63) is 92.9 Å². The Bertz CT molecular complexity index is 7910. The van der Waals surface area contributed by atoms with Gasteiger partial charge in [-0.3, -0.25) is 38.8 Å². The van der Waals surface area contributed by atoms with E-state index < -0.39 is 468 Å². The van der Waals surface area contributed by atoms with E-state index in [1.54, 1.807) is 0 Å². The maximum atomic E-state index is 13.8. The van der Waals surface area contributed by atoms with Gasteiger partial charge in [-0.15, -0.1) is 0 Å². The average Bonchev–Trinajstić information content (AvgIpc) is 0.634. The van der Waals surface area contributed by atoms with Crippen molar-refractivity contribution in [2.45, 2.75) is 259 Å². The fraction of sp³-hybridized carbons (Fsp3) is 0.708. The molecule has 0 bridgehead atoms. The maximum Gasteiger partial charge on any atom is 0.323 e. The Hall–Kier alpha value is -7.16. The van der Waals surface area contributed by atoms with Crippen LogP contribution in [0.2, 0.25) is 0 Å². The van der Waals surface area contributed by atoms with Gasteiger partial charge in [0.2, 0.25) is 0 Å². The Morgan fingerprint density at radius 1 is 0.383 bits per heavy atom. The summed E-state index contributed by atoms with van der Waals surface area (Å²) < 4.78 is 758. The third kappa shape index (κ3) is 23.8. The number of hydrogen-bond acceptors (Lipinski definition) is 24. The van der Waals surface area contributed by atoms with Crippen molar-refractivity contribution >= 4 is 23.9 Å². The largest absolute Gasteiger partial charge is 0.493 e. The van der Waals surface area contributed by atoms with Gasteiger partial charge in [-0.25, -0.2) is 0 Å². The first-order valence-corrected chi connectivity index (χ1v) is 36.2. The van der Waals surface area contributed by atoms with Gasteiger partial charge in [-0.1, -0.05) is 110 Å². The molecule has 8 N–H and O–H groups in total. The molecule has 8 aliphatic heterocycles. The van der Waals surface area contributed by atoms with Gasteiger partial charge in [0.05, 0.1) is 81.4 Å². The topological polar surface area (TPSA) is 296 Å². The molecule has 8 heterocycles. The average molecular weight is 1760 g/mol. The minimum Gasteiger partial charge on any atom is -0.493 e. The summed E-state index contributed by atoms with van der Waals surface area (Å²) in [4.78, 5) is 54.6. The number of piperidine rings is 4. The van der Waals surface area contributed by atoms with Crippen molar-refractivity contribution in [1.82, 2.24) is 19.6 Å². The van der Waals surface area contributed by atoms with Gasteiger partial charge in [0.15, 0.2) is 46.0 Å². The van der Waals surface area contributed by atoms with Crippen LogP contribution >= 0.6 is 0 Å². The van der Waals surface area contributed by atoms with Crippen molar-refractivity contribution < 1.29 is 188 Å². The molecule has 8 aliphatic rings. The number of fused-ring (bicyclic) bond motifs is 12. The Morgan fingerprint density at radius 3 is 1.00 bits per heavy atom. The molecular weight excluding hydrogens is 1520 g/mol. The molecule has 672 valence electrons. The molecule has 4 saturated heterocycles. The van der Waals surface area contributed by atoms with Crippen molar-refractivity contribution in [2.75, 3.05) is 109 Å². The lowest BCUT2D eigenvalue weighted by Gasteiger charge is -2.47.